The first kappa shape index (κ1) is 23.3. The van der Waals surface area contributed by atoms with Crippen molar-refractivity contribution in [3.8, 4) is 28.1 Å². The van der Waals surface area contributed by atoms with E-state index >= 15 is 0 Å². The van der Waals surface area contributed by atoms with Crippen LogP contribution in [0.2, 0.25) is 0 Å². The van der Waals surface area contributed by atoms with E-state index in [0.717, 1.165) is 39.8 Å². The van der Waals surface area contributed by atoms with Gasteiger partial charge in [-0.05, 0) is 81.4 Å². The predicted molar refractivity (Wildman–Crippen MR) is 183 cm³/mol. The summed E-state index contributed by atoms with van der Waals surface area (Å²) in [5.41, 5.74) is 12.0. The standard InChI is InChI=1S/C40H23N3S/c1-2-4-22(5-3-1)25-16-17-41-29(19-25)27-7-6-26-18-28(21-42-30(26)20-27)43-31-12-8-23-10-14-33-39-35(23)37(31)38-32(43)13-9-24-11-15-34(44-33)40(39)36(24)38/h1-8,10-21,33H,9H2. The molecule has 3 aliphatic rings. The van der Waals surface area contributed by atoms with Crippen LogP contribution >= 0.6 is 11.8 Å². The van der Waals surface area contributed by atoms with E-state index < -0.39 is 0 Å². The van der Waals surface area contributed by atoms with Gasteiger partial charge in [0.25, 0.3) is 0 Å². The molecule has 5 aromatic carbocycles. The van der Waals surface area contributed by atoms with Gasteiger partial charge in [-0.2, -0.15) is 0 Å². The van der Waals surface area contributed by atoms with Crippen LogP contribution in [-0.4, -0.2) is 14.5 Å². The number of rotatable bonds is 3. The van der Waals surface area contributed by atoms with Crippen molar-refractivity contribution < 1.29 is 0 Å². The monoisotopic (exact) mass is 577 g/mol. The molecular weight excluding hydrogens is 555 g/mol. The molecule has 3 nitrogen and oxygen atoms in total. The zero-order valence-electron chi connectivity index (χ0n) is 23.6. The van der Waals surface area contributed by atoms with E-state index in [-0.39, 0.29) is 0 Å². The number of thioether (sulfide) groups is 1. The minimum absolute atomic E-state index is 0.403. The second-order valence-electron chi connectivity index (χ2n) is 12.1. The normalized spacial score (nSPS) is 15.9. The summed E-state index contributed by atoms with van der Waals surface area (Å²) in [7, 11) is 0. The first-order chi connectivity index (χ1) is 21.8. The zero-order chi connectivity index (χ0) is 28.5. The van der Waals surface area contributed by atoms with Gasteiger partial charge in [-0.1, -0.05) is 72.8 Å². The Labute approximate surface area is 257 Å². The Bertz CT molecular complexity index is 2660. The molecule has 0 saturated heterocycles. The highest BCUT2D eigenvalue weighted by Crippen LogP contribution is 2.57. The van der Waals surface area contributed by atoms with Crippen LogP contribution in [0.3, 0.4) is 0 Å². The molecule has 44 heavy (non-hydrogen) atoms. The average molecular weight is 578 g/mol. The largest absolute Gasteiger partial charge is 0.308 e. The topological polar surface area (TPSA) is 30.7 Å². The zero-order valence-corrected chi connectivity index (χ0v) is 24.4. The van der Waals surface area contributed by atoms with Gasteiger partial charge in [-0.3, -0.25) is 9.97 Å². The molecule has 4 heteroatoms. The van der Waals surface area contributed by atoms with Gasteiger partial charge in [0.2, 0.25) is 0 Å². The number of fused-ring (bicyclic) bond motifs is 1. The van der Waals surface area contributed by atoms with Crippen LogP contribution in [0.1, 0.15) is 21.9 Å². The third kappa shape index (κ3) is 2.94. The molecule has 3 aromatic heterocycles. The number of benzene rings is 5. The lowest BCUT2D eigenvalue weighted by atomic mass is 9.84. The second-order valence-corrected chi connectivity index (χ2v) is 13.3. The van der Waals surface area contributed by atoms with Gasteiger partial charge in [0, 0.05) is 38.2 Å². The van der Waals surface area contributed by atoms with Gasteiger partial charge in [0.05, 0.1) is 39.2 Å². The fourth-order valence-electron chi connectivity index (χ4n) is 7.95. The summed E-state index contributed by atoms with van der Waals surface area (Å²) >= 11 is 2.01. The molecule has 2 aliphatic carbocycles. The number of hydrogen-bond donors (Lipinski definition) is 0. The van der Waals surface area contributed by atoms with E-state index in [2.05, 4.69) is 108 Å². The van der Waals surface area contributed by atoms with E-state index in [1.807, 2.05) is 30.2 Å². The number of aromatic nitrogens is 3. The van der Waals surface area contributed by atoms with Crippen LogP contribution in [-0.2, 0) is 6.42 Å². The van der Waals surface area contributed by atoms with Crippen molar-refractivity contribution in [1.82, 2.24) is 14.5 Å². The predicted octanol–water partition coefficient (Wildman–Crippen LogP) is 9.44. The SMILES string of the molecule is C1=CC2Sc3ccc4c5c3c2c2c1ccc1c2c5c(n1-c1cnc2cc(-c3cc(-c5ccccc5)ccn3)ccc2c1)=CC4. The molecule has 0 spiro atoms. The lowest BCUT2D eigenvalue weighted by Gasteiger charge is -2.19. The summed E-state index contributed by atoms with van der Waals surface area (Å²) < 4.78 is 2.46. The number of pyridine rings is 2. The molecule has 0 saturated carbocycles. The second kappa shape index (κ2) is 8.25. The van der Waals surface area contributed by atoms with E-state index in [0.29, 0.717) is 5.25 Å². The molecule has 4 heterocycles. The van der Waals surface area contributed by atoms with Crippen molar-refractivity contribution in [1.29, 1.82) is 0 Å². The molecule has 204 valence electrons. The van der Waals surface area contributed by atoms with Gasteiger partial charge in [-0.15, -0.1) is 11.8 Å². The van der Waals surface area contributed by atoms with Crippen molar-refractivity contribution in [3.05, 3.63) is 132 Å². The Balaban J connectivity index is 1.12. The van der Waals surface area contributed by atoms with Crippen molar-refractivity contribution in [2.75, 3.05) is 0 Å². The summed E-state index contributed by atoms with van der Waals surface area (Å²) in [6, 6.07) is 32.9. The van der Waals surface area contributed by atoms with Gasteiger partial charge in [-0.25, -0.2) is 0 Å². The summed E-state index contributed by atoms with van der Waals surface area (Å²) in [6.45, 7) is 0. The molecular formula is C40H23N3S. The number of nitrogens with zero attached hydrogens (tertiary/aromatic N) is 3. The van der Waals surface area contributed by atoms with E-state index in [1.54, 1.807) is 0 Å². The van der Waals surface area contributed by atoms with Crippen LogP contribution in [0, 0.1) is 0 Å². The summed E-state index contributed by atoms with van der Waals surface area (Å²) in [4.78, 5) is 11.2. The van der Waals surface area contributed by atoms with Crippen molar-refractivity contribution in [2.24, 2.45) is 0 Å². The number of hydrogen-bond acceptors (Lipinski definition) is 3. The molecule has 11 rings (SSSR count). The summed E-state index contributed by atoms with van der Waals surface area (Å²) in [6.07, 6.45) is 12.1. The average Bonchev–Trinajstić information content (AvgIpc) is 3.65. The maximum atomic E-state index is 5.04. The van der Waals surface area contributed by atoms with Gasteiger partial charge >= 0.3 is 0 Å². The minimum Gasteiger partial charge on any atom is -0.308 e. The molecule has 0 bridgehead atoms. The molecule has 0 radical (unpaired) electrons. The van der Waals surface area contributed by atoms with Crippen molar-refractivity contribution >= 4 is 67.3 Å². The third-order valence-corrected chi connectivity index (χ3v) is 11.1. The van der Waals surface area contributed by atoms with Crippen LogP contribution in [0.25, 0.3) is 83.6 Å². The lowest BCUT2D eigenvalue weighted by Crippen LogP contribution is -2.17. The maximum absolute atomic E-state index is 5.04. The minimum atomic E-state index is 0.403. The van der Waals surface area contributed by atoms with Crippen LogP contribution in [0.15, 0.2) is 114 Å². The fraction of sp³-hybridized carbons (Fsp3) is 0.0500. The van der Waals surface area contributed by atoms with Gasteiger partial charge < -0.3 is 4.57 Å². The Morgan fingerprint density at radius 1 is 0.727 bits per heavy atom. The molecule has 0 fully saturated rings. The van der Waals surface area contributed by atoms with Gasteiger partial charge in [0.15, 0.2) is 0 Å². The summed E-state index contributed by atoms with van der Waals surface area (Å²) in [5, 5.41) is 10.1. The highest BCUT2D eigenvalue weighted by molar-refractivity contribution is 8.00. The van der Waals surface area contributed by atoms with Crippen LogP contribution < -0.4 is 5.35 Å². The molecule has 0 N–H and O–H groups in total. The molecule has 1 unspecified atom stereocenters. The van der Waals surface area contributed by atoms with E-state index in [9.17, 15) is 0 Å². The third-order valence-electron chi connectivity index (χ3n) is 9.84. The fourth-order valence-corrected chi connectivity index (χ4v) is 9.21. The Morgan fingerprint density at radius 3 is 2.64 bits per heavy atom. The van der Waals surface area contributed by atoms with Crippen LogP contribution in [0.5, 0.6) is 0 Å². The Morgan fingerprint density at radius 2 is 1.68 bits per heavy atom. The smallest absolute Gasteiger partial charge is 0.0710 e. The first-order valence-electron chi connectivity index (χ1n) is 15.2. The van der Waals surface area contributed by atoms with Crippen molar-refractivity contribution in [2.45, 2.75) is 16.6 Å². The Hall–Kier alpha value is -5.19. The highest BCUT2D eigenvalue weighted by Gasteiger charge is 2.34. The van der Waals surface area contributed by atoms with Gasteiger partial charge in [0.1, 0.15) is 0 Å². The van der Waals surface area contributed by atoms with E-state index in [4.69, 9.17) is 9.97 Å². The van der Waals surface area contributed by atoms with Crippen LogP contribution in [0.4, 0.5) is 0 Å². The maximum Gasteiger partial charge on any atom is 0.0710 e. The highest BCUT2D eigenvalue weighted by atomic mass is 32.2. The summed E-state index contributed by atoms with van der Waals surface area (Å²) in [5.74, 6) is 0. The quantitative estimate of drug-likeness (QED) is 0.196. The lowest BCUT2D eigenvalue weighted by molar-refractivity contribution is 1.06. The van der Waals surface area contributed by atoms with Crippen molar-refractivity contribution in [3.63, 3.8) is 0 Å². The van der Waals surface area contributed by atoms with E-state index in [1.165, 1.54) is 64.9 Å². The first-order valence-corrected chi connectivity index (χ1v) is 16.0. The molecule has 8 aromatic rings. The molecule has 1 atom stereocenters. The molecule has 0 amide bonds. The Kier molecular flexibility index (Phi) is 4.37. The molecule has 1 aliphatic heterocycles.